The van der Waals surface area contributed by atoms with Gasteiger partial charge in [0.15, 0.2) is 0 Å². The SMILES string of the molecule is COc1ccc(C(NC(=O)CCN2C(=O)C3CCCCC3C2=O)C2CC2)cc1. The maximum atomic E-state index is 12.6. The maximum absolute atomic E-state index is 12.6. The Morgan fingerprint density at radius 3 is 2.21 bits per heavy atom. The van der Waals surface area contributed by atoms with Crippen LogP contribution < -0.4 is 10.1 Å². The number of ether oxygens (including phenoxy) is 1. The highest BCUT2D eigenvalue weighted by Crippen LogP contribution is 2.41. The molecule has 28 heavy (non-hydrogen) atoms. The minimum atomic E-state index is -0.150. The predicted octanol–water partition coefficient (Wildman–Crippen LogP) is 2.83. The van der Waals surface area contributed by atoms with E-state index in [-0.39, 0.29) is 48.6 Å². The van der Waals surface area contributed by atoms with E-state index in [9.17, 15) is 14.4 Å². The van der Waals surface area contributed by atoms with Crippen LogP contribution in [0.5, 0.6) is 5.75 Å². The van der Waals surface area contributed by atoms with E-state index in [0.29, 0.717) is 5.92 Å². The summed E-state index contributed by atoms with van der Waals surface area (Å²) in [7, 11) is 1.63. The molecule has 1 aromatic carbocycles. The molecule has 0 radical (unpaired) electrons. The number of benzene rings is 1. The number of imide groups is 1. The summed E-state index contributed by atoms with van der Waals surface area (Å²) in [5, 5.41) is 3.12. The van der Waals surface area contributed by atoms with Crippen molar-refractivity contribution in [3.63, 3.8) is 0 Å². The average Bonchev–Trinajstić information content (AvgIpc) is 3.53. The van der Waals surface area contributed by atoms with E-state index in [1.54, 1.807) is 7.11 Å². The van der Waals surface area contributed by atoms with Crippen LogP contribution in [0.15, 0.2) is 24.3 Å². The van der Waals surface area contributed by atoms with Gasteiger partial charge in [-0.25, -0.2) is 0 Å². The van der Waals surface area contributed by atoms with Gasteiger partial charge in [0, 0.05) is 13.0 Å². The molecule has 6 nitrogen and oxygen atoms in total. The van der Waals surface area contributed by atoms with Crippen LogP contribution in [0, 0.1) is 17.8 Å². The molecule has 3 unspecified atom stereocenters. The second-order valence-corrected chi connectivity index (χ2v) is 8.23. The highest BCUT2D eigenvalue weighted by atomic mass is 16.5. The van der Waals surface area contributed by atoms with Crippen molar-refractivity contribution in [3.05, 3.63) is 29.8 Å². The van der Waals surface area contributed by atoms with E-state index in [2.05, 4.69) is 5.32 Å². The zero-order chi connectivity index (χ0) is 19.7. The molecule has 2 saturated carbocycles. The number of nitrogens with one attached hydrogen (secondary N) is 1. The number of nitrogens with zero attached hydrogens (tertiary/aromatic N) is 1. The third kappa shape index (κ3) is 3.77. The molecule has 3 amide bonds. The monoisotopic (exact) mass is 384 g/mol. The molecule has 1 aliphatic heterocycles. The fourth-order valence-corrected chi connectivity index (χ4v) is 4.62. The molecule has 1 N–H and O–H groups in total. The Labute approximate surface area is 165 Å². The van der Waals surface area contributed by atoms with Crippen molar-refractivity contribution in [2.45, 2.75) is 51.0 Å². The second-order valence-electron chi connectivity index (χ2n) is 8.23. The number of hydrogen-bond donors (Lipinski definition) is 1. The van der Waals surface area contributed by atoms with Gasteiger partial charge in [0.1, 0.15) is 5.75 Å². The molecule has 0 bridgehead atoms. The van der Waals surface area contributed by atoms with Gasteiger partial charge in [-0.1, -0.05) is 25.0 Å². The lowest BCUT2D eigenvalue weighted by Gasteiger charge is -2.20. The van der Waals surface area contributed by atoms with E-state index in [1.165, 1.54) is 4.90 Å². The van der Waals surface area contributed by atoms with Crippen LogP contribution in [-0.4, -0.2) is 36.3 Å². The molecule has 3 atom stereocenters. The zero-order valence-electron chi connectivity index (χ0n) is 16.4. The number of carbonyl (C=O) groups excluding carboxylic acids is 3. The van der Waals surface area contributed by atoms with Gasteiger partial charge in [0.2, 0.25) is 17.7 Å². The summed E-state index contributed by atoms with van der Waals surface area (Å²) < 4.78 is 5.21. The lowest BCUT2D eigenvalue weighted by molar-refractivity contribution is -0.140. The third-order valence-corrected chi connectivity index (χ3v) is 6.38. The zero-order valence-corrected chi connectivity index (χ0v) is 16.4. The fraction of sp³-hybridized carbons (Fsp3) is 0.591. The smallest absolute Gasteiger partial charge is 0.233 e. The van der Waals surface area contributed by atoms with E-state index in [4.69, 9.17) is 4.74 Å². The lowest BCUT2D eigenvalue weighted by Crippen LogP contribution is -2.36. The van der Waals surface area contributed by atoms with E-state index >= 15 is 0 Å². The van der Waals surface area contributed by atoms with Gasteiger partial charge >= 0.3 is 0 Å². The Bertz CT molecular complexity index is 732. The van der Waals surface area contributed by atoms with Crippen LogP contribution >= 0.6 is 0 Å². The molecule has 6 heteroatoms. The number of methoxy groups -OCH3 is 1. The number of likely N-dealkylation sites (tertiary alicyclic amines) is 1. The van der Waals surface area contributed by atoms with Crippen molar-refractivity contribution < 1.29 is 19.1 Å². The summed E-state index contributed by atoms with van der Waals surface area (Å²) in [5.74, 6) is 0.689. The fourth-order valence-electron chi connectivity index (χ4n) is 4.62. The van der Waals surface area contributed by atoms with Crippen molar-refractivity contribution in [2.24, 2.45) is 17.8 Å². The second kappa shape index (κ2) is 7.94. The van der Waals surface area contributed by atoms with Crippen LogP contribution in [0.25, 0.3) is 0 Å². The standard InChI is InChI=1S/C22H28N2O4/c1-28-16-10-8-15(9-11-16)20(14-6-7-14)23-19(25)12-13-24-21(26)17-4-2-3-5-18(17)22(24)27/h8-11,14,17-18,20H,2-7,12-13H2,1H3,(H,23,25). The number of amides is 3. The molecule has 3 fully saturated rings. The molecule has 0 aromatic heterocycles. The molecule has 2 aliphatic carbocycles. The first-order chi connectivity index (χ1) is 13.6. The summed E-state index contributed by atoms with van der Waals surface area (Å²) in [6.45, 7) is 0.191. The van der Waals surface area contributed by atoms with Crippen molar-refractivity contribution >= 4 is 17.7 Å². The minimum absolute atomic E-state index is 0.0223. The predicted molar refractivity (Wildman–Crippen MR) is 103 cm³/mol. The van der Waals surface area contributed by atoms with Crippen molar-refractivity contribution in [2.75, 3.05) is 13.7 Å². The van der Waals surface area contributed by atoms with Crippen molar-refractivity contribution in [1.29, 1.82) is 0 Å². The minimum Gasteiger partial charge on any atom is -0.497 e. The van der Waals surface area contributed by atoms with Gasteiger partial charge in [-0.05, 0) is 49.3 Å². The first-order valence-electron chi connectivity index (χ1n) is 10.4. The number of fused-ring (bicyclic) bond motifs is 1. The van der Waals surface area contributed by atoms with Crippen LogP contribution in [0.4, 0.5) is 0 Å². The molecular formula is C22H28N2O4. The lowest BCUT2D eigenvalue weighted by atomic mass is 9.81. The Morgan fingerprint density at radius 2 is 1.68 bits per heavy atom. The maximum Gasteiger partial charge on any atom is 0.233 e. The number of rotatable bonds is 7. The first-order valence-corrected chi connectivity index (χ1v) is 10.4. The van der Waals surface area contributed by atoms with Gasteiger partial charge in [-0.15, -0.1) is 0 Å². The Kier molecular flexibility index (Phi) is 5.38. The van der Waals surface area contributed by atoms with E-state index in [1.807, 2.05) is 24.3 Å². The number of hydrogen-bond acceptors (Lipinski definition) is 4. The van der Waals surface area contributed by atoms with Gasteiger partial charge < -0.3 is 10.1 Å². The van der Waals surface area contributed by atoms with E-state index < -0.39 is 0 Å². The molecule has 0 spiro atoms. The molecule has 1 aromatic rings. The summed E-state index contributed by atoms with van der Waals surface area (Å²) >= 11 is 0. The number of carbonyl (C=O) groups is 3. The molecule has 3 aliphatic rings. The van der Waals surface area contributed by atoms with Gasteiger partial charge in [-0.3, -0.25) is 19.3 Å². The largest absolute Gasteiger partial charge is 0.497 e. The van der Waals surface area contributed by atoms with E-state index in [0.717, 1.165) is 49.8 Å². The molecule has 4 rings (SSSR count). The first kappa shape index (κ1) is 19.0. The normalized spacial score (nSPS) is 25.4. The Morgan fingerprint density at radius 1 is 1.07 bits per heavy atom. The summed E-state index contributed by atoms with van der Waals surface area (Å²) in [5.41, 5.74) is 1.07. The highest BCUT2D eigenvalue weighted by molar-refractivity contribution is 6.05. The van der Waals surface area contributed by atoms with Crippen molar-refractivity contribution in [1.82, 2.24) is 10.2 Å². The topological polar surface area (TPSA) is 75.7 Å². The Hall–Kier alpha value is -2.37. The quantitative estimate of drug-likeness (QED) is 0.734. The molecule has 1 saturated heterocycles. The third-order valence-electron chi connectivity index (χ3n) is 6.38. The highest BCUT2D eigenvalue weighted by Gasteiger charge is 2.47. The molecular weight excluding hydrogens is 356 g/mol. The van der Waals surface area contributed by atoms with Crippen LogP contribution in [0.2, 0.25) is 0 Å². The van der Waals surface area contributed by atoms with Gasteiger partial charge in [0.05, 0.1) is 25.0 Å². The average molecular weight is 384 g/mol. The van der Waals surface area contributed by atoms with Crippen LogP contribution in [-0.2, 0) is 14.4 Å². The van der Waals surface area contributed by atoms with Gasteiger partial charge in [-0.2, -0.15) is 0 Å². The van der Waals surface area contributed by atoms with Crippen molar-refractivity contribution in [3.8, 4) is 5.75 Å². The molecule has 150 valence electrons. The summed E-state index contributed by atoms with van der Waals surface area (Å²) in [4.78, 5) is 39.0. The summed E-state index contributed by atoms with van der Waals surface area (Å²) in [6.07, 6.45) is 6.00. The van der Waals surface area contributed by atoms with Crippen LogP contribution in [0.3, 0.4) is 0 Å². The van der Waals surface area contributed by atoms with Gasteiger partial charge in [0.25, 0.3) is 0 Å². The summed E-state index contributed by atoms with van der Waals surface area (Å²) in [6, 6.07) is 7.76. The molecule has 1 heterocycles. The Balaban J connectivity index is 1.35. The van der Waals surface area contributed by atoms with Crippen LogP contribution in [0.1, 0.15) is 56.6 Å².